The van der Waals surface area contributed by atoms with Gasteiger partial charge in [0.05, 0.1) is 18.0 Å². The van der Waals surface area contributed by atoms with Crippen molar-refractivity contribution in [1.29, 1.82) is 0 Å². The van der Waals surface area contributed by atoms with Crippen molar-refractivity contribution in [3.8, 4) is 0 Å². The fourth-order valence-corrected chi connectivity index (χ4v) is 0.516. The number of imidazole rings is 1. The molecule has 0 unspecified atom stereocenters. The van der Waals surface area contributed by atoms with Crippen LogP contribution in [0, 0.1) is 0 Å². The van der Waals surface area contributed by atoms with Gasteiger partial charge in [0.15, 0.2) is 0 Å². The summed E-state index contributed by atoms with van der Waals surface area (Å²) >= 11 is 0. The van der Waals surface area contributed by atoms with Gasteiger partial charge in [-0.05, 0) is 12.2 Å². The van der Waals surface area contributed by atoms with E-state index in [0.29, 0.717) is 5.69 Å². The number of aromatic amines is 1. The predicted molar refractivity (Wildman–Crippen MR) is 32.6 cm³/mol. The molecular weight excluding hydrogens is 155 g/mol. The number of carbonyl (C=O) groups is 1. The molecule has 0 radical (unpaired) electrons. The largest absolute Gasteiger partial charge is 1.00 e. The minimum Gasteiger partial charge on any atom is -0.545 e. The van der Waals surface area contributed by atoms with Crippen LogP contribution < -0.4 is 34.7 Å². The molecule has 0 aliphatic heterocycles. The number of aromatic nitrogens is 2. The molecule has 1 rings (SSSR count). The first-order valence-corrected chi connectivity index (χ1v) is 2.67. The Labute approximate surface area is 85.6 Å². The van der Waals surface area contributed by atoms with Crippen LogP contribution >= 0.6 is 0 Å². The first-order chi connectivity index (χ1) is 4.79. The molecule has 4 nitrogen and oxygen atoms in total. The molecule has 1 N–H and O–H groups in total. The van der Waals surface area contributed by atoms with Crippen LogP contribution in [0.25, 0.3) is 6.08 Å². The monoisotopic (exact) mass is 160 g/mol. The van der Waals surface area contributed by atoms with E-state index in [4.69, 9.17) is 0 Å². The number of rotatable bonds is 2. The predicted octanol–water partition coefficient (Wildman–Crippen LogP) is -3.82. The van der Waals surface area contributed by atoms with Crippen molar-refractivity contribution < 1.29 is 39.5 Å². The molecule has 5 heteroatoms. The third-order valence-electron chi connectivity index (χ3n) is 0.910. The first kappa shape index (κ1) is 10.4. The van der Waals surface area contributed by atoms with Gasteiger partial charge in [0.2, 0.25) is 0 Å². The van der Waals surface area contributed by atoms with E-state index in [1.807, 2.05) is 0 Å². The summed E-state index contributed by atoms with van der Waals surface area (Å²) in [5.74, 6) is -1.22. The number of carbonyl (C=O) groups excluding carboxylic acids is 1. The van der Waals surface area contributed by atoms with Crippen molar-refractivity contribution in [2.45, 2.75) is 0 Å². The average Bonchev–Trinajstić information content (AvgIpc) is 2.34. The Morgan fingerprint density at radius 2 is 2.45 bits per heavy atom. The molecule has 1 aromatic heterocycles. The minimum atomic E-state index is -1.22. The van der Waals surface area contributed by atoms with Crippen molar-refractivity contribution in [2.75, 3.05) is 0 Å². The van der Waals surface area contributed by atoms with Crippen molar-refractivity contribution in [2.24, 2.45) is 0 Å². The number of carboxylic acids is 1. The number of H-pyrrole nitrogens is 1. The van der Waals surface area contributed by atoms with Gasteiger partial charge < -0.3 is 14.9 Å². The molecule has 11 heavy (non-hydrogen) atoms. The van der Waals surface area contributed by atoms with Gasteiger partial charge in [-0.3, -0.25) is 0 Å². The van der Waals surface area contributed by atoms with E-state index in [1.54, 1.807) is 6.20 Å². The number of nitrogens with one attached hydrogen (secondary N) is 1. The number of nitrogens with zero attached hydrogens (tertiary/aromatic N) is 1. The van der Waals surface area contributed by atoms with Crippen LogP contribution in [0.1, 0.15) is 5.69 Å². The SMILES string of the molecule is O=C([O-])C=Cc1c[nH]cn1.[Na+]. The summed E-state index contributed by atoms with van der Waals surface area (Å²) in [5, 5.41) is 9.86. The fraction of sp³-hybridized carbons (Fsp3) is 0. The molecular formula is C6H5N2NaO2. The summed E-state index contributed by atoms with van der Waals surface area (Å²) in [4.78, 5) is 16.3. The van der Waals surface area contributed by atoms with Gasteiger partial charge in [-0.1, -0.05) is 0 Å². The Bertz CT molecular complexity index is 243. The normalized spacial score (nSPS) is 9.45. The quantitative estimate of drug-likeness (QED) is 0.356. The van der Waals surface area contributed by atoms with E-state index >= 15 is 0 Å². The summed E-state index contributed by atoms with van der Waals surface area (Å²) in [5.41, 5.74) is 0.573. The Morgan fingerprint density at radius 1 is 1.73 bits per heavy atom. The van der Waals surface area contributed by atoms with Crippen LogP contribution in [0.4, 0.5) is 0 Å². The maximum atomic E-state index is 9.86. The fourth-order valence-electron chi connectivity index (χ4n) is 0.516. The summed E-state index contributed by atoms with van der Waals surface area (Å²) in [6.07, 6.45) is 5.33. The van der Waals surface area contributed by atoms with Crippen LogP contribution in [0.15, 0.2) is 18.6 Å². The Balaban J connectivity index is 0.000001000. The van der Waals surface area contributed by atoms with Crippen molar-refractivity contribution in [3.05, 3.63) is 24.3 Å². The van der Waals surface area contributed by atoms with Gasteiger partial charge in [0, 0.05) is 6.20 Å². The molecule has 0 fully saturated rings. The third-order valence-corrected chi connectivity index (χ3v) is 0.910. The van der Waals surface area contributed by atoms with E-state index in [1.165, 1.54) is 12.4 Å². The van der Waals surface area contributed by atoms with Crippen molar-refractivity contribution in [3.63, 3.8) is 0 Å². The summed E-state index contributed by atoms with van der Waals surface area (Å²) < 4.78 is 0. The van der Waals surface area contributed by atoms with Gasteiger partial charge in [0.25, 0.3) is 0 Å². The number of carboxylic acid groups (broad SMARTS) is 1. The van der Waals surface area contributed by atoms with E-state index < -0.39 is 5.97 Å². The maximum absolute atomic E-state index is 9.86. The van der Waals surface area contributed by atoms with E-state index in [0.717, 1.165) is 6.08 Å². The molecule has 0 aliphatic rings. The summed E-state index contributed by atoms with van der Waals surface area (Å²) in [6.45, 7) is 0. The van der Waals surface area contributed by atoms with Crippen LogP contribution in [0.5, 0.6) is 0 Å². The van der Waals surface area contributed by atoms with Gasteiger partial charge in [-0.25, -0.2) is 4.98 Å². The van der Waals surface area contributed by atoms with Gasteiger partial charge in [0.1, 0.15) is 0 Å². The standard InChI is InChI=1S/C6H6N2O2.Na/c9-6(10)2-1-5-3-7-4-8-5;/h1-4H,(H,7,8)(H,9,10);/q;+1/p-1. The Morgan fingerprint density at radius 3 is 2.91 bits per heavy atom. The van der Waals surface area contributed by atoms with E-state index in [2.05, 4.69) is 9.97 Å². The van der Waals surface area contributed by atoms with Gasteiger partial charge in [-0.2, -0.15) is 0 Å². The second-order valence-corrected chi connectivity index (χ2v) is 1.65. The average molecular weight is 160 g/mol. The Hall–Kier alpha value is -0.580. The first-order valence-electron chi connectivity index (χ1n) is 2.67. The molecule has 0 saturated heterocycles. The number of aliphatic carboxylic acids is 1. The molecule has 0 bridgehead atoms. The second kappa shape index (κ2) is 5.12. The van der Waals surface area contributed by atoms with Crippen LogP contribution in [-0.2, 0) is 4.79 Å². The maximum Gasteiger partial charge on any atom is 1.00 e. The molecule has 1 heterocycles. The zero-order valence-corrected chi connectivity index (χ0v) is 8.07. The molecule has 0 atom stereocenters. The van der Waals surface area contributed by atoms with Gasteiger partial charge in [-0.15, -0.1) is 0 Å². The molecule has 1 aromatic rings. The number of hydrogen-bond donors (Lipinski definition) is 1. The molecule has 0 spiro atoms. The van der Waals surface area contributed by atoms with Crippen molar-refractivity contribution >= 4 is 12.0 Å². The zero-order chi connectivity index (χ0) is 7.40. The Kier molecular flexibility index (Phi) is 4.85. The van der Waals surface area contributed by atoms with Gasteiger partial charge >= 0.3 is 29.6 Å². The smallest absolute Gasteiger partial charge is 0.545 e. The van der Waals surface area contributed by atoms with Crippen LogP contribution in [0.3, 0.4) is 0 Å². The molecule has 0 saturated carbocycles. The van der Waals surface area contributed by atoms with Crippen molar-refractivity contribution in [1.82, 2.24) is 9.97 Å². The van der Waals surface area contributed by atoms with E-state index in [-0.39, 0.29) is 29.6 Å². The van der Waals surface area contributed by atoms with Crippen LogP contribution in [0.2, 0.25) is 0 Å². The molecule has 0 aromatic carbocycles. The summed E-state index contributed by atoms with van der Waals surface area (Å²) in [7, 11) is 0. The summed E-state index contributed by atoms with van der Waals surface area (Å²) in [6, 6.07) is 0. The molecule has 0 amide bonds. The third kappa shape index (κ3) is 3.98. The van der Waals surface area contributed by atoms with E-state index in [9.17, 15) is 9.90 Å². The topological polar surface area (TPSA) is 68.8 Å². The molecule has 52 valence electrons. The number of hydrogen-bond acceptors (Lipinski definition) is 3. The minimum absolute atomic E-state index is 0. The second-order valence-electron chi connectivity index (χ2n) is 1.65. The zero-order valence-electron chi connectivity index (χ0n) is 6.07. The molecule has 0 aliphatic carbocycles. The van der Waals surface area contributed by atoms with Crippen LogP contribution in [-0.4, -0.2) is 15.9 Å².